The molecule has 7 heteroatoms. The van der Waals surface area contributed by atoms with Gasteiger partial charge in [0.1, 0.15) is 18.0 Å². The number of hydrogen-bond acceptors (Lipinski definition) is 6. The maximum Gasteiger partial charge on any atom is 0.241 e. The minimum absolute atomic E-state index is 0.111. The number of aromatic nitrogens is 2. The Morgan fingerprint density at radius 2 is 2.08 bits per heavy atom. The van der Waals surface area contributed by atoms with Crippen LogP contribution in [0.4, 0.5) is 11.6 Å². The maximum absolute atomic E-state index is 11.9. The molecule has 1 aliphatic carbocycles. The molecule has 25 heavy (non-hydrogen) atoms. The predicted molar refractivity (Wildman–Crippen MR) is 97.6 cm³/mol. The van der Waals surface area contributed by atoms with Crippen LogP contribution in [0.2, 0.25) is 0 Å². The van der Waals surface area contributed by atoms with Crippen molar-refractivity contribution in [2.75, 3.05) is 43.5 Å². The number of hydrogen-bond donors (Lipinski definition) is 2. The molecule has 0 aromatic carbocycles. The molecule has 1 saturated carbocycles. The van der Waals surface area contributed by atoms with Crippen LogP contribution in [0, 0.1) is 5.92 Å². The highest BCUT2D eigenvalue weighted by Gasteiger charge is 2.25. The van der Waals surface area contributed by atoms with Crippen molar-refractivity contribution in [3.8, 4) is 0 Å². The first-order chi connectivity index (χ1) is 12.2. The van der Waals surface area contributed by atoms with E-state index in [9.17, 15) is 9.90 Å². The summed E-state index contributed by atoms with van der Waals surface area (Å²) in [7, 11) is 1.83. The number of piperazine rings is 1. The van der Waals surface area contributed by atoms with Crippen molar-refractivity contribution in [2.45, 2.75) is 44.6 Å². The first-order valence-corrected chi connectivity index (χ1v) is 9.35. The number of anilines is 2. The maximum atomic E-state index is 11.9. The molecule has 1 aromatic rings. The summed E-state index contributed by atoms with van der Waals surface area (Å²) in [6, 6.07) is 2.16. The molecule has 138 valence electrons. The molecule has 2 aliphatic rings. The van der Waals surface area contributed by atoms with Gasteiger partial charge in [-0.1, -0.05) is 19.3 Å². The van der Waals surface area contributed by atoms with E-state index in [1.807, 2.05) is 18.0 Å². The molecule has 1 saturated heterocycles. The second-order valence-electron chi connectivity index (χ2n) is 7.16. The zero-order valence-corrected chi connectivity index (χ0v) is 15.0. The van der Waals surface area contributed by atoms with Gasteiger partial charge in [0, 0.05) is 38.9 Å². The molecule has 1 atom stereocenters. The summed E-state index contributed by atoms with van der Waals surface area (Å²) in [5.41, 5.74) is 0. The monoisotopic (exact) mass is 347 g/mol. The Hall–Kier alpha value is -1.89. The number of carbonyl (C=O) groups is 1. The Kier molecular flexibility index (Phi) is 6.07. The van der Waals surface area contributed by atoms with Gasteiger partial charge in [-0.05, 0) is 25.2 Å². The van der Waals surface area contributed by atoms with Gasteiger partial charge in [-0.15, -0.1) is 0 Å². The molecular weight excluding hydrogens is 318 g/mol. The average Bonchev–Trinajstić information content (AvgIpc) is 2.65. The fourth-order valence-electron chi connectivity index (χ4n) is 3.84. The number of nitrogens with zero attached hydrogens (tertiary/aromatic N) is 4. The van der Waals surface area contributed by atoms with Crippen LogP contribution in [0.25, 0.3) is 0 Å². The Bertz CT molecular complexity index is 576. The number of likely N-dealkylation sites (N-methyl/N-ethyl adjacent to an activating group) is 1. The molecule has 3 rings (SSSR count). The fourth-order valence-corrected chi connectivity index (χ4v) is 3.84. The molecule has 1 aromatic heterocycles. The third kappa shape index (κ3) is 4.60. The lowest BCUT2D eigenvalue weighted by molar-refractivity contribution is -0.129. The molecule has 2 N–H and O–H groups in total. The van der Waals surface area contributed by atoms with Crippen molar-refractivity contribution in [2.24, 2.45) is 5.92 Å². The number of rotatable bonds is 6. The van der Waals surface area contributed by atoms with E-state index >= 15 is 0 Å². The van der Waals surface area contributed by atoms with Gasteiger partial charge in [0.2, 0.25) is 5.91 Å². The molecule has 1 amide bonds. The normalized spacial score (nSPS) is 20.6. The number of amides is 1. The SMILES string of the molecule is CN1CCN(c2cc(NC(CCO)C3CCCCC3)ncn2)CC1=O. The third-order valence-electron chi connectivity index (χ3n) is 5.43. The average molecular weight is 347 g/mol. The predicted octanol–water partition coefficient (Wildman–Crippen LogP) is 1.50. The first-order valence-electron chi connectivity index (χ1n) is 9.35. The number of nitrogens with one attached hydrogen (secondary N) is 1. The van der Waals surface area contributed by atoms with Gasteiger partial charge in [0.15, 0.2) is 0 Å². The largest absolute Gasteiger partial charge is 0.396 e. The van der Waals surface area contributed by atoms with Gasteiger partial charge in [0.25, 0.3) is 0 Å². The Morgan fingerprint density at radius 1 is 1.28 bits per heavy atom. The van der Waals surface area contributed by atoms with Gasteiger partial charge in [-0.25, -0.2) is 9.97 Å². The summed E-state index contributed by atoms with van der Waals surface area (Å²) in [5.74, 6) is 2.26. The van der Waals surface area contributed by atoms with Crippen LogP contribution in [-0.2, 0) is 4.79 Å². The Labute approximate surface area is 149 Å². The lowest BCUT2D eigenvalue weighted by Gasteiger charge is -2.33. The van der Waals surface area contributed by atoms with E-state index in [4.69, 9.17) is 0 Å². The second kappa shape index (κ2) is 8.47. The molecule has 0 bridgehead atoms. The van der Waals surface area contributed by atoms with Crippen LogP contribution in [0.3, 0.4) is 0 Å². The standard InChI is InChI=1S/C18H29N5O2/c1-22-8-9-23(12-18(22)25)17-11-16(19-13-20-17)21-15(7-10-24)14-5-3-2-4-6-14/h11,13-15,24H,2-10,12H2,1H3,(H,19,20,21). The first kappa shape index (κ1) is 17.9. The molecule has 2 fully saturated rings. The quantitative estimate of drug-likeness (QED) is 0.812. The fraction of sp³-hybridized carbons (Fsp3) is 0.722. The van der Waals surface area contributed by atoms with Crippen LogP contribution in [-0.4, -0.2) is 65.2 Å². The highest BCUT2D eigenvalue weighted by molar-refractivity contribution is 5.82. The van der Waals surface area contributed by atoms with E-state index in [2.05, 4.69) is 15.3 Å². The van der Waals surface area contributed by atoms with Gasteiger partial charge in [0.05, 0.1) is 6.54 Å². The molecule has 1 unspecified atom stereocenters. The van der Waals surface area contributed by atoms with E-state index in [0.29, 0.717) is 19.0 Å². The van der Waals surface area contributed by atoms with Crippen LogP contribution in [0.5, 0.6) is 0 Å². The highest BCUT2D eigenvalue weighted by Crippen LogP contribution is 2.29. The zero-order chi connectivity index (χ0) is 17.6. The lowest BCUT2D eigenvalue weighted by Crippen LogP contribution is -2.48. The van der Waals surface area contributed by atoms with Crippen LogP contribution in [0.1, 0.15) is 38.5 Å². The molecule has 0 spiro atoms. The van der Waals surface area contributed by atoms with Gasteiger partial charge in [-0.2, -0.15) is 0 Å². The van der Waals surface area contributed by atoms with E-state index in [1.54, 1.807) is 11.2 Å². The number of carbonyl (C=O) groups excluding carboxylic acids is 1. The van der Waals surface area contributed by atoms with Crippen LogP contribution >= 0.6 is 0 Å². The number of aliphatic hydroxyl groups is 1. The summed E-state index contributed by atoms with van der Waals surface area (Å²) in [6.45, 7) is 2.02. The van der Waals surface area contributed by atoms with Crippen molar-refractivity contribution in [3.05, 3.63) is 12.4 Å². The van der Waals surface area contributed by atoms with Gasteiger partial charge >= 0.3 is 0 Å². The van der Waals surface area contributed by atoms with E-state index in [0.717, 1.165) is 24.6 Å². The van der Waals surface area contributed by atoms with Crippen molar-refractivity contribution < 1.29 is 9.90 Å². The van der Waals surface area contributed by atoms with Crippen molar-refractivity contribution in [3.63, 3.8) is 0 Å². The molecule has 1 aliphatic heterocycles. The highest BCUT2D eigenvalue weighted by atomic mass is 16.3. The van der Waals surface area contributed by atoms with E-state index < -0.39 is 0 Å². The molecule has 2 heterocycles. The van der Waals surface area contributed by atoms with Crippen LogP contribution in [0.15, 0.2) is 12.4 Å². The Balaban J connectivity index is 1.68. The van der Waals surface area contributed by atoms with E-state index in [-0.39, 0.29) is 18.6 Å². The molecule has 7 nitrogen and oxygen atoms in total. The summed E-state index contributed by atoms with van der Waals surface area (Å²) >= 11 is 0. The van der Waals surface area contributed by atoms with Crippen molar-refractivity contribution in [1.82, 2.24) is 14.9 Å². The van der Waals surface area contributed by atoms with Crippen molar-refractivity contribution in [1.29, 1.82) is 0 Å². The zero-order valence-electron chi connectivity index (χ0n) is 15.0. The van der Waals surface area contributed by atoms with Gasteiger partial charge in [-0.3, -0.25) is 4.79 Å². The van der Waals surface area contributed by atoms with Crippen LogP contribution < -0.4 is 10.2 Å². The lowest BCUT2D eigenvalue weighted by atomic mass is 9.83. The number of aliphatic hydroxyl groups excluding tert-OH is 1. The second-order valence-corrected chi connectivity index (χ2v) is 7.16. The summed E-state index contributed by atoms with van der Waals surface area (Å²) < 4.78 is 0. The summed E-state index contributed by atoms with van der Waals surface area (Å²) in [4.78, 5) is 24.4. The van der Waals surface area contributed by atoms with Crippen molar-refractivity contribution >= 4 is 17.5 Å². The minimum Gasteiger partial charge on any atom is -0.396 e. The minimum atomic E-state index is 0.111. The summed E-state index contributed by atoms with van der Waals surface area (Å²) in [5, 5.41) is 13.0. The summed E-state index contributed by atoms with van der Waals surface area (Å²) in [6.07, 6.45) is 8.57. The van der Waals surface area contributed by atoms with E-state index in [1.165, 1.54) is 32.1 Å². The van der Waals surface area contributed by atoms with Gasteiger partial charge < -0.3 is 20.2 Å². The smallest absolute Gasteiger partial charge is 0.241 e. The Morgan fingerprint density at radius 3 is 2.80 bits per heavy atom. The third-order valence-corrected chi connectivity index (χ3v) is 5.43. The molecule has 0 radical (unpaired) electrons. The molecular formula is C18H29N5O2. The topological polar surface area (TPSA) is 81.6 Å².